The molecule has 1 unspecified atom stereocenters. The van der Waals surface area contributed by atoms with E-state index in [9.17, 15) is 0 Å². The molecule has 82 valence electrons. The third kappa shape index (κ3) is 1.78. The van der Waals surface area contributed by atoms with E-state index in [2.05, 4.69) is 33.7 Å². The Bertz CT molecular complexity index is 489. The molecule has 0 bridgehead atoms. The number of rotatable bonds is 1. The smallest absolute Gasteiger partial charge is 0.0574 e. The summed E-state index contributed by atoms with van der Waals surface area (Å²) in [5.74, 6) is 0.659. The Labute approximate surface area is 94.9 Å². The standard InChI is InChI=1S/C13H15N3/c1-2-11(7-14-5-1)10-3-4-12-8-15-16-9-13(12)6-10/h3-4,6,8-9,11,14H,1-2,5,7H2. The van der Waals surface area contributed by atoms with E-state index in [0.29, 0.717) is 5.92 Å². The summed E-state index contributed by atoms with van der Waals surface area (Å²) in [6.45, 7) is 2.26. The zero-order valence-electron chi connectivity index (χ0n) is 9.19. The maximum Gasteiger partial charge on any atom is 0.0574 e. The van der Waals surface area contributed by atoms with Gasteiger partial charge in [0.25, 0.3) is 0 Å². The maximum atomic E-state index is 3.93. The first-order valence-corrected chi connectivity index (χ1v) is 5.84. The van der Waals surface area contributed by atoms with Crippen LogP contribution in [0.25, 0.3) is 10.8 Å². The van der Waals surface area contributed by atoms with Crippen LogP contribution in [0, 0.1) is 0 Å². The van der Waals surface area contributed by atoms with E-state index in [1.54, 1.807) is 0 Å². The molecule has 2 aromatic rings. The van der Waals surface area contributed by atoms with Gasteiger partial charge in [0.1, 0.15) is 0 Å². The van der Waals surface area contributed by atoms with Crippen LogP contribution >= 0.6 is 0 Å². The molecule has 1 aliphatic heterocycles. The number of nitrogens with zero attached hydrogens (tertiary/aromatic N) is 2. The molecule has 2 heterocycles. The summed E-state index contributed by atoms with van der Waals surface area (Å²) in [6.07, 6.45) is 6.22. The van der Waals surface area contributed by atoms with Crippen molar-refractivity contribution < 1.29 is 0 Å². The van der Waals surface area contributed by atoms with Gasteiger partial charge >= 0.3 is 0 Å². The third-order valence-corrected chi connectivity index (χ3v) is 3.34. The lowest BCUT2D eigenvalue weighted by Gasteiger charge is -2.23. The average Bonchev–Trinajstić information content (AvgIpc) is 2.39. The zero-order valence-corrected chi connectivity index (χ0v) is 9.19. The first-order valence-electron chi connectivity index (χ1n) is 5.84. The Morgan fingerprint density at radius 3 is 2.81 bits per heavy atom. The van der Waals surface area contributed by atoms with E-state index in [0.717, 1.165) is 13.1 Å². The molecule has 3 nitrogen and oxygen atoms in total. The Kier molecular flexibility index (Phi) is 2.54. The third-order valence-electron chi connectivity index (χ3n) is 3.34. The van der Waals surface area contributed by atoms with E-state index in [-0.39, 0.29) is 0 Å². The van der Waals surface area contributed by atoms with Crippen LogP contribution in [0.1, 0.15) is 24.3 Å². The lowest BCUT2D eigenvalue weighted by molar-refractivity contribution is 0.462. The van der Waals surface area contributed by atoms with E-state index < -0.39 is 0 Å². The van der Waals surface area contributed by atoms with Crippen molar-refractivity contribution >= 4 is 10.8 Å². The fourth-order valence-electron chi connectivity index (χ4n) is 2.40. The molecule has 0 spiro atoms. The van der Waals surface area contributed by atoms with Gasteiger partial charge in [-0.3, -0.25) is 0 Å². The van der Waals surface area contributed by atoms with Crippen molar-refractivity contribution in [3.05, 3.63) is 36.2 Å². The van der Waals surface area contributed by atoms with Crippen LogP contribution in [0.15, 0.2) is 30.6 Å². The summed E-state index contributed by atoms with van der Waals surface area (Å²) >= 11 is 0. The molecule has 3 rings (SSSR count). The predicted octanol–water partition coefficient (Wildman–Crippen LogP) is 2.10. The van der Waals surface area contributed by atoms with E-state index in [4.69, 9.17) is 0 Å². The molecule has 1 N–H and O–H groups in total. The number of piperidine rings is 1. The summed E-state index contributed by atoms with van der Waals surface area (Å²) in [7, 11) is 0. The van der Waals surface area contributed by atoms with Crippen LogP contribution in [0.4, 0.5) is 0 Å². The molecule has 1 saturated heterocycles. The monoisotopic (exact) mass is 213 g/mol. The van der Waals surface area contributed by atoms with Crippen molar-refractivity contribution in [2.24, 2.45) is 0 Å². The Hall–Kier alpha value is -1.48. The molecule has 1 aliphatic rings. The zero-order chi connectivity index (χ0) is 10.8. The highest BCUT2D eigenvalue weighted by Gasteiger charge is 2.14. The van der Waals surface area contributed by atoms with Crippen LogP contribution < -0.4 is 5.32 Å². The molecule has 0 saturated carbocycles. The number of benzene rings is 1. The largest absolute Gasteiger partial charge is 0.316 e. The van der Waals surface area contributed by atoms with E-state index in [1.165, 1.54) is 29.2 Å². The van der Waals surface area contributed by atoms with Crippen molar-refractivity contribution in [2.45, 2.75) is 18.8 Å². The second-order valence-corrected chi connectivity index (χ2v) is 4.42. The number of fused-ring (bicyclic) bond motifs is 1. The molecule has 0 aliphatic carbocycles. The van der Waals surface area contributed by atoms with Crippen LogP contribution in [-0.4, -0.2) is 23.3 Å². The Morgan fingerprint density at radius 2 is 2.00 bits per heavy atom. The summed E-state index contributed by atoms with van der Waals surface area (Å²) in [6, 6.07) is 6.62. The summed E-state index contributed by atoms with van der Waals surface area (Å²) < 4.78 is 0. The molecule has 1 atom stereocenters. The Morgan fingerprint density at radius 1 is 1.12 bits per heavy atom. The lowest BCUT2D eigenvalue weighted by atomic mass is 9.91. The highest BCUT2D eigenvalue weighted by molar-refractivity contribution is 5.81. The number of aromatic nitrogens is 2. The molecular weight excluding hydrogens is 198 g/mol. The van der Waals surface area contributed by atoms with Gasteiger partial charge < -0.3 is 5.32 Å². The molecule has 3 heteroatoms. The summed E-state index contributed by atoms with van der Waals surface area (Å²) in [5, 5.41) is 13.6. The fourth-order valence-corrected chi connectivity index (χ4v) is 2.40. The van der Waals surface area contributed by atoms with E-state index in [1.807, 2.05) is 12.4 Å². The van der Waals surface area contributed by atoms with Crippen molar-refractivity contribution in [2.75, 3.05) is 13.1 Å². The average molecular weight is 213 g/mol. The van der Waals surface area contributed by atoms with Crippen LogP contribution in [-0.2, 0) is 0 Å². The first kappa shape index (κ1) is 9.73. The van der Waals surface area contributed by atoms with Gasteiger partial charge in [-0.2, -0.15) is 10.2 Å². The lowest BCUT2D eigenvalue weighted by Crippen LogP contribution is -2.28. The van der Waals surface area contributed by atoms with Gasteiger partial charge in [-0.1, -0.05) is 12.1 Å². The second-order valence-electron chi connectivity index (χ2n) is 4.42. The number of hydrogen-bond donors (Lipinski definition) is 1. The summed E-state index contributed by atoms with van der Waals surface area (Å²) in [5.41, 5.74) is 1.42. The topological polar surface area (TPSA) is 37.8 Å². The quantitative estimate of drug-likeness (QED) is 0.788. The van der Waals surface area contributed by atoms with Gasteiger partial charge in [0.2, 0.25) is 0 Å². The maximum absolute atomic E-state index is 3.93. The van der Waals surface area contributed by atoms with Crippen LogP contribution in [0.5, 0.6) is 0 Å². The molecule has 0 amide bonds. The number of hydrogen-bond acceptors (Lipinski definition) is 3. The first-order chi connectivity index (χ1) is 7.93. The van der Waals surface area contributed by atoms with Crippen LogP contribution in [0.2, 0.25) is 0 Å². The van der Waals surface area contributed by atoms with Gasteiger partial charge in [-0.25, -0.2) is 0 Å². The molecule has 1 aromatic carbocycles. The van der Waals surface area contributed by atoms with Gasteiger partial charge in [-0.15, -0.1) is 0 Å². The van der Waals surface area contributed by atoms with Crippen molar-refractivity contribution in [1.29, 1.82) is 0 Å². The van der Waals surface area contributed by atoms with Gasteiger partial charge in [0, 0.05) is 17.3 Å². The second kappa shape index (κ2) is 4.18. The molecule has 1 fully saturated rings. The highest BCUT2D eigenvalue weighted by atomic mass is 15.1. The van der Waals surface area contributed by atoms with Crippen molar-refractivity contribution in [3.8, 4) is 0 Å². The van der Waals surface area contributed by atoms with Gasteiger partial charge in [0.05, 0.1) is 12.4 Å². The molecule has 1 aromatic heterocycles. The summed E-state index contributed by atoms with van der Waals surface area (Å²) in [4.78, 5) is 0. The molecule has 0 radical (unpaired) electrons. The minimum Gasteiger partial charge on any atom is -0.316 e. The SMILES string of the molecule is c1cc2cnncc2cc1C1CCCNC1. The normalized spacial score (nSPS) is 21.1. The van der Waals surface area contributed by atoms with Gasteiger partial charge in [0.15, 0.2) is 0 Å². The van der Waals surface area contributed by atoms with Crippen LogP contribution in [0.3, 0.4) is 0 Å². The van der Waals surface area contributed by atoms with Gasteiger partial charge in [-0.05, 0) is 36.9 Å². The van der Waals surface area contributed by atoms with Crippen molar-refractivity contribution in [1.82, 2.24) is 15.5 Å². The predicted molar refractivity (Wildman–Crippen MR) is 64.4 cm³/mol. The Balaban J connectivity index is 1.97. The minimum absolute atomic E-state index is 0.659. The molecule has 16 heavy (non-hydrogen) atoms. The highest BCUT2D eigenvalue weighted by Crippen LogP contribution is 2.25. The fraction of sp³-hybridized carbons (Fsp3) is 0.385. The molecular formula is C13H15N3. The van der Waals surface area contributed by atoms with Crippen molar-refractivity contribution in [3.63, 3.8) is 0 Å². The number of nitrogens with one attached hydrogen (secondary N) is 1. The van der Waals surface area contributed by atoms with E-state index >= 15 is 0 Å². The minimum atomic E-state index is 0.659.